The Morgan fingerprint density at radius 1 is 0.317 bits per heavy atom. The molecular formula is C74H78N8. The number of nitrogens with zero attached hydrogens (tertiary/aromatic N) is 8. The molecule has 4 aliphatic heterocycles. The van der Waals surface area contributed by atoms with Crippen LogP contribution < -0.4 is 0 Å². The highest BCUT2D eigenvalue weighted by Crippen LogP contribution is 2.49. The third-order valence-electron chi connectivity index (χ3n) is 22.0. The molecule has 0 saturated carbocycles. The Labute approximate surface area is 484 Å². The van der Waals surface area contributed by atoms with Crippen LogP contribution in [0.15, 0.2) is 36.2 Å². The van der Waals surface area contributed by atoms with E-state index in [0.29, 0.717) is 30.0 Å². The molecule has 13 rings (SSSR count). The van der Waals surface area contributed by atoms with E-state index in [0.717, 1.165) is 56.3 Å². The van der Waals surface area contributed by atoms with Gasteiger partial charge in [-0.05, 0) is 343 Å². The molecule has 82 heavy (non-hydrogen) atoms. The van der Waals surface area contributed by atoms with Crippen molar-refractivity contribution in [2.45, 2.75) is 173 Å². The molecule has 4 aliphatic rings. The molecule has 8 heteroatoms. The Hall–Kier alpha value is -7.84. The minimum absolute atomic E-state index is 0.380. The molecule has 1 aromatic heterocycles. The van der Waals surface area contributed by atoms with E-state index in [9.17, 15) is 0 Å². The SMILES string of the molecule is CN=C1N=C(N=C2c3c(c(C)c4c(C)c(C)c(C)c(C)c4c3C)C3=NC4=NC(=Nc5c6c(C)c7c(C)c(C)c(C)c(C)c7c(C)c6cn5CN23)c2c4c(C)c3c(C)c(C)c(C)c(C)c3c2C)c2c1c(C)c1c(C)c(C)c(C)c(C)c1c2C. The highest BCUT2D eigenvalue weighted by molar-refractivity contribution is 6.37. The van der Waals surface area contributed by atoms with Crippen molar-refractivity contribution in [1.82, 2.24) is 9.47 Å². The van der Waals surface area contributed by atoms with Crippen LogP contribution in [0.3, 0.4) is 0 Å². The monoisotopic (exact) mass is 1080 g/mol. The molecule has 0 unspecified atom stereocenters. The van der Waals surface area contributed by atoms with Gasteiger partial charge in [-0.25, -0.2) is 25.0 Å². The third kappa shape index (κ3) is 6.44. The average Bonchev–Trinajstić information content (AvgIpc) is 2.11. The smallest absolute Gasteiger partial charge is 0.165 e. The Morgan fingerprint density at radius 2 is 0.671 bits per heavy atom. The average molecular weight is 1080 g/mol. The first-order valence-electron chi connectivity index (χ1n) is 29.5. The Kier molecular flexibility index (Phi) is 11.5. The summed E-state index contributed by atoms with van der Waals surface area (Å²) >= 11 is 0. The van der Waals surface area contributed by atoms with Crippen LogP contribution in [0.4, 0.5) is 5.82 Å². The fraction of sp³-hybridized carbons (Fsp3) is 0.351. The predicted molar refractivity (Wildman–Crippen MR) is 352 cm³/mol. The van der Waals surface area contributed by atoms with E-state index >= 15 is 0 Å². The molecule has 0 aliphatic carbocycles. The predicted octanol–water partition coefficient (Wildman–Crippen LogP) is 17.8. The van der Waals surface area contributed by atoms with Crippen LogP contribution in [0.5, 0.6) is 0 Å². The quantitative estimate of drug-likeness (QED) is 0.149. The highest BCUT2D eigenvalue weighted by atomic mass is 15.4. The zero-order valence-corrected chi connectivity index (χ0v) is 53.4. The lowest BCUT2D eigenvalue weighted by Gasteiger charge is -2.23. The molecule has 0 radical (unpaired) electrons. The van der Waals surface area contributed by atoms with Gasteiger partial charge in [0.05, 0.1) is 0 Å². The number of hydrogen-bond donors (Lipinski definition) is 0. The van der Waals surface area contributed by atoms with E-state index in [2.05, 4.69) is 182 Å². The minimum Gasteiger partial charge on any atom is -0.313 e. The maximum atomic E-state index is 6.08. The number of aliphatic imine (C=N–C) groups is 6. The lowest BCUT2D eigenvalue weighted by atomic mass is 9.82. The van der Waals surface area contributed by atoms with Crippen LogP contribution in [0.1, 0.15) is 167 Å². The van der Waals surface area contributed by atoms with E-state index in [1.54, 1.807) is 0 Å². The summed E-state index contributed by atoms with van der Waals surface area (Å²) in [5.41, 5.74) is 37.1. The van der Waals surface area contributed by atoms with Crippen molar-refractivity contribution in [3.05, 3.63) is 173 Å². The van der Waals surface area contributed by atoms with Crippen LogP contribution in [-0.4, -0.2) is 51.5 Å². The zero-order chi connectivity index (χ0) is 58.9. The largest absolute Gasteiger partial charge is 0.313 e. The van der Waals surface area contributed by atoms with E-state index in [-0.39, 0.29) is 0 Å². The zero-order valence-electron chi connectivity index (χ0n) is 53.4. The summed E-state index contributed by atoms with van der Waals surface area (Å²) in [6, 6.07) is 0. The molecule has 8 aromatic carbocycles. The second kappa shape index (κ2) is 17.6. The molecule has 5 heterocycles. The molecule has 0 amide bonds. The van der Waals surface area contributed by atoms with Gasteiger partial charge in [-0.1, -0.05) is 0 Å². The summed E-state index contributed by atoms with van der Waals surface area (Å²) in [5, 5.41) is 12.7. The molecule has 0 N–H and O–H groups in total. The molecule has 414 valence electrons. The first-order chi connectivity index (χ1) is 38.7. The van der Waals surface area contributed by atoms with E-state index in [1.807, 2.05) is 7.05 Å². The van der Waals surface area contributed by atoms with E-state index in [4.69, 9.17) is 30.0 Å². The molecule has 0 spiro atoms. The second-order valence-corrected chi connectivity index (χ2v) is 25.3. The number of hydrogen-bond acceptors (Lipinski definition) is 5. The van der Waals surface area contributed by atoms with Gasteiger partial charge in [-0.15, -0.1) is 0 Å². The summed E-state index contributed by atoms with van der Waals surface area (Å²) in [6.07, 6.45) is 2.37. The number of fused-ring (bicyclic) bond motifs is 15. The highest BCUT2D eigenvalue weighted by Gasteiger charge is 2.42. The van der Waals surface area contributed by atoms with E-state index in [1.165, 1.54) is 182 Å². The molecule has 0 atom stereocenters. The van der Waals surface area contributed by atoms with Crippen molar-refractivity contribution in [3.63, 3.8) is 0 Å². The summed E-state index contributed by atoms with van der Waals surface area (Å²) in [4.78, 5) is 36.7. The maximum absolute atomic E-state index is 6.08. The number of benzene rings is 8. The summed E-state index contributed by atoms with van der Waals surface area (Å²) in [5.74, 6) is 5.30. The molecule has 2 bridgehead atoms. The normalized spacial score (nSPS) is 15.6. The van der Waals surface area contributed by atoms with Gasteiger partial charge in [-0.2, -0.15) is 0 Å². The lowest BCUT2D eigenvalue weighted by molar-refractivity contribution is 0.490. The van der Waals surface area contributed by atoms with Gasteiger partial charge >= 0.3 is 0 Å². The number of aromatic nitrogens is 1. The van der Waals surface area contributed by atoms with Crippen molar-refractivity contribution in [3.8, 4) is 0 Å². The fourth-order valence-corrected chi connectivity index (χ4v) is 16.3. The molecular weight excluding hydrogens is 1000 g/mol. The van der Waals surface area contributed by atoms with Gasteiger partial charge in [0.25, 0.3) is 0 Å². The molecule has 0 saturated heterocycles. The number of aryl methyl sites for hydroxylation is 16. The number of amidine groups is 6. The summed E-state index contributed by atoms with van der Waals surface area (Å²) < 4.78 is 2.39. The van der Waals surface area contributed by atoms with E-state index < -0.39 is 0 Å². The topological polar surface area (TPSA) is 82.3 Å². The second-order valence-electron chi connectivity index (χ2n) is 25.3. The lowest BCUT2D eigenvalue weighted by Crippen LogP contribution is -2.34. The maximum Gasteiger partial charge on any atom is 0.165 e. The van der Waals surface area contributed by atoms with Gasteiger partial charge < -0.3 is 4.57 Å². The molecule has 9 aromatic rings. The molecule has 8 nitrogen and oxygen atoms in total. The van der Waals surface area contributed by atoms with Crippen LogP contribution in [0, 0.1) is 166 Å². The first-order valence-corrected chi connectivity index (χ1v) is 29.5. The van der Waals surface area contributed by atoms with Crippen LogP contribution in [0.25, 0.3) is 53.9 Å². The van der Waals surface area contributed by atoms with Crippen LogP contribution >= 0.6 is 0 Å². The van der Waals surface area contributed by atoms with Crippen molar-refractivity contribution < 1.29 is 0 Å². The van der Waals surface area contributed by atoms with Crippen molar-refractivity contribution >= 4 is 94.7 Å². The minimum atomic E-state index is 0.380. The Morgan fingerprint density at radius 3 is 1.10 bits per heavy atom. The molecule has 0 fully saturated rings. The van der Waals surface area contributed by atoms with Crippen molar-refractivity contribution in [2.24, 2.45) is 30.0 Å². The van der Waals surface area contributed by atoms with Gasteiger partial charge in [0, 0.05) is 57.4 Å². The van der Waals surface area contributed by atoms with Gasteiger partial charge in [-0.3, -0.25) is 9.89 Å². The number of rotatable bonds is 0. The standard InChI is InChI=1S/C74H78N8/c1-28-29(2)37(10)54-45(18)61-52(44(17)53(54)36(28)9)26-81-27-82-73(79-69-63-47(20)56-39(12)31(4)30(3)38(11)55(56)46(19)62(63)68(75-25)76-69)66-50(23)59-42(15)34(7)35(8)43(16)60(59)51(24)67(66)74(82)80-71-65-49(22)58-41(14)33(6)32(5)40(13)57(58)48(21)64(65)70(77-71)78-72(61)81/h26H,27H2,1-25H3. The van der Waals surface area contributed by atoms with Gasteiger partial charge in [0.2, 0.25) is 0 Å². The summed E-state index contributed by atoms with van der Waals surface area (Å²) in [6.45, 7) is 55.4. The Balaban J connectivity index is 1.23. The van der Waals surface area contributed by atoms with Crippen molar-refractivity contribution in [1.29, 1.82) is 0 Å². The van der Waals surface area contributed by atoms with Gasteiger partial charge in [0.1, 0.15) is 24.2 Å². The fourth-order valence-electron chi connectivity index (χ4n) is 16.3. The third-order valence-corrected chi connectivity index (χ3v) is 22.0. The van der Waals surface area contributed by atoms with Crippen LogP contribution in [0.2, 0.25) is 0 Å². The van der Waals surface area contributed by atoms with Crippen LogP contribution in [-0.2, 0) is 6.67 Å². The Bertz CT molecular complexity index is 4890. The van der Waals surface area contributed by atoms with Crippen molar-refractivity contribution in [2.75, 3.05) is 7.05 Å². The van der Waals surface area contributed by atoms with Gasteiger partial charge in [0.15, 0.2) is 23.3 Å². The summed E-state index contributed by atoms with van der Waals surface area (Å²) in [7, 11) is 1.87. The first kappa shape index (κ1) is 53.5.